The van der Waals surface area contributed by atoms with Crippen molar-refractivity contribution in [3.8, 4) is 5.75 Å². The summed E-state index contributed by atoms with van der Waals surface area (Å²) in [7, 11) is 0. The Kier molecular flexibility index (Phi) is 6.39. The van der Waals surface area contributed by atoms with Crippen LogP contribution >= 0.6 is 0 Å². The first-order chi connectivity index (χ1) is 12.0. The molecule has 146 valence electrons. The molecule has 1 heterocycles. The lowest BCUT2D eigenvalue weighted by Gasteiger charge is -2.25. The Morgan fingerprint density at radius 2 is 1.88 bits per heavy atom. The molecule has 2 rings (SSSR count). The maximum absolute atomic E-state index is 13.4. The molecule has 1 saturated heterocycles. The van der Waals surface area contributed by atoms with Crippen molar-refractivity contribution < 1.29 is 32.2 Å². The number of ether oxygens (including phenoxy) is 3. The first-order valence-corrected chi connectivity index (χ1v) is 8.46. The second kappa shape index (κ2) is 8.16. The van der Waals surface area contributed by atoms with Gasteiger partial charge in [0.2, 0.25) is 0 Å². The minimum atomic E-state index is -4.55. The highest BCUT2D eigenvalue weighted by atomic mass is 19.4. The molecule has 0 radical (unpaired) electrons. The fraction of sp³-hybridized carbons (Fsp3) is 0.611. The Bertz CT molecular complexity index is 620. The van der Waals surface area contributed by atoms with E-state index in [4.69, 9.17) is 14.2 Å². The van der Waals surface area contributed by atoms with Crippen LogP contribution in [0.3, 0.4) is 0 Å². The van der Waals surface area contributed by atoms with E-state index >= 15 is 0 Å². The molecule has 1 aliphatic rings. The van der Waals surface area contributed by atoms with Gasteiger partial charge >= 0.3 is 12.3 Å². The van der Waals surface area contributed by atoms with E-state index < -0.39 is 23.4 Å². The van der Waals surface area contributed by atoms with E-state index in [1.807, 2.05) is 0 Å². The van der Waals surface area contributed by atoms with E-state index in [1.165, 1.54) is 12.1 Å². The summed E-state index contributed by atoms with van der Waals surface area (Å²) in [4.78, 5) is 11.7. The Morgan fingerprint density at radius 1 is 1.23 bits per heavy atom. The van der Waals surface area contributed by atoms with Crippen LogP contribution in [-0.2, 0) is 22.2 Å². The number of alkyl halides is 3. The van der Waals surface area contributed by atoms with Crippen molar-refractivity contribution in [3.05, 3.63) is 29.3 Å². The number of carbonyl (C=O) groups is 1. The Hall–Kier alpha value is -1.96. The lowest BCUT2D eigenvalue weighted by atomic mass is 10.1. The molecular formula is C18H24F3NO4. The van der Waals surface area contributed by atoms with Crippen molar-refractivity contribution >= 4 is 6.09 Å². The standard InChI is InChI=1S/C18H24F3NO4/c1-17(2,3)26-16(23)22-11-12-4-5-15(14(10-12)18(19,20)21)25-13-6-8-24-9-7-13/h4-5,10,13H,6-9,11H2,1-3H3,(H,22,23). The molecular weight excluding hydrogens is 351 g/mol. The van der Waals surface area contributed by atoms with E-state index in [0.29, 0.717) is 31.6 Å². The maximum Gasteiger partial charge on any atom is 0.419 e. The molecule has 1 aromatic rings. The Morgan fingerprint density at radius 3 is 2.46 bits per heavy atom. The van der Waals surface area contributed by atoms with Crippen LogP contribution in [0.2, 0.25) is 0 Å². The Balaban J connectivity index is 2.08. The van der Waals surface area contributed by atoms with Crippen molar-refractivity contribution in [1.82, 2.24) is 5.32 Å². The molecule has 0 atom stereocenters. The van der Waals surface area contributed by atoms with Gasteiger partial charge in [-0.2, -0.15) is 13.2 Å². The zero-order valence-electron chi connectivity index (χ0n) is 15.1. The van der Waals surface area contributed by atoms with Crippen LogP contribution in [0.1, 0.15) is 44.7 Å². The van der Waals surface area contributed by atoms with Crippen molar-refractivity contribution in [2.24, 2.45) is 0 Å². The van der Waals surface area contributed by atoms with Crippen LogP contribution < -0.4 is 10.1 Å². The number of rotatable bonds is 4. The molecule has 0 unspecified atom stereocenters. The minimum Gasteiger partial charge on any atom is -0.490 e. The van der Waals surface area contributed by atoms with E-state index in [1.54, 1.807) is 20.8 Å². The van der Waals surface area contributed by atoms with Crippen LogP contribution in [0.4, 0.5) is 18.0 Å². The third-order valence-corrected chi connectivity index (χ3v) is 3.65. The van der Waals surface area contributed by atoms with Gasteiger partial charge in [-0.05, 0) is 38.5 Å². The largest absolute Gasteiger partial charge is 0.490 e. The quantitative estimate of drug-likeness (QED) is 0.853. The van der Waals surface area contributed by atoms with Gasteiger partial charge in [0.15, 0.2) is 0 Å². The van der Waals surface area contributed by atoms with Gasteiger partial charge in [-0.25, -0.2) is 4.79 Å². The van der Waals surface area contributed by atoms with Crippen molar-refractivity contribution in [2.45, 2.75) is 58.0 Å². The van der Waals surface area contributed by atoms with Gasteiger partial charge in [-0.1, -0.05) is 6.07 Å². The summed E-state index contributed by atoms with van der Waals surface area (Å²) < 4.78 is 56.0. The summed E-state index contributed by atoms with van der Waals surface area (Å²) in [6, 6.07) is 3.79. The first-order valence-electron chi connectivity index (χ1n) is 8.46. The predicted molar refractivity (Wildman–Crippen MR) is 89.0 cm³/mol. The number of nitrogens with one attached hydrogen (secondary N) is 1. The molecule has 0 aliphatic carbocycles. The highest BCUT2D eigenvalue weighted by Gasteiger charge is 2.35. The molecule has 0 aromatic heterocycles. The summed E-state index contributed by atoms with van der Waals surface area (Å²) in [5.74, 6) is -0.203. The highest BCUT2D eigenvalue weighted by Crippen LogP contribution is 2.37. The smallest absolute Gasteiger partial charge is 0.419 e. The zero-order chi connectivity index (χ0) is 19.4. The van der Waals surface area contributed by atoms with Crippen LogP contribution in [-0.4, -0.2) is 31.0 Å². The third-order valence-electron chi connectivity index (χ3n) is 3.65. The Labute approximate surface area is 150 Å². The van der Waals surface area contributed by atoms with E-state index in [2.05, 4.69) is 5.32 Å². The number of amides is 1. The summed E-state index contributed by atoms with van der Waals surface area (Å²) in [6.45, 7) is 5.99. The molecule has 0 saturated carbocycles. The predicted octanol–water partition coefficient (Wildman–Crippen LogP) is 4.29. The summed E-state index contributed by atoms with van der Waals surface area (Å²) >= 11 is 0. The summed E-state index contributed by atoms with van der Waals surface area (Å²) in [6.07, 6.45) is -4.43. The van der Waals surface area contributed by atoms with Gasteiger partial charge in [-0.3, -0.25) is 0 Å². The van der Waals surface area contributed by atoms with Crippen LogP contribution in [0.15, 0.2) is 18.2 Å². The van der Waals surface area contributed by atoms with Crippen molar-refractivity contribution in [1.29, 1.82) is 0 Å². The number of hydrogen-bond acceptors (Lipinski definition) is 4. The average molecular weight is 375 g/mol. The number of alkyl carbamates (subject to hydrolysis) is 1. The minimum absolute atomic E-state index is 0.0739. The lowest BCUT2D eigenvalue weighted by molar-refractivity contribution is -0.139. The van der Waals surface area contributed by atoms with Gasteiger partial charge < -0.3 is 19.5 Å². The molecule has 8 heteroatoms. The molecule has 0 spiro atoms. The molecule has 5 nitrogen and oxygen atoms in total. The van der Waals surface area contributed by atoms with Crippen LogP contribution in [0.5, 0.6) is 5.75 Å². The average Bonchev–Trinajstić information content (AvgIpc) is 2.52. The maximum atomic E-state index is 13.4. The van der Waals surface area contributed by atoms with Crippen LogP contribution in [0, 0.1) is 0 Å². The van der Waals surface area contributed by atoms with Gasteiger partial charge in [0.05, 0.1) is 18.8 Å². The topological polar surface area (TPSA) is 56.8 Å². The van der Waals surface area contributed by atoms with E-state index in [-0.39, 0.29) is 18.4 Å². The normalized spacial score (nSPS) is 16.2. The molecule has 1 aliphatic heterocycles. The molecule has 1 fully saturated rings. The molecule has 1 amide bonds. The lowest BCUT2D eigenvalue weighted by Crippen LogP contribution is -2.32. The second-order valence-corrected chi connectivity index (χ2v) is 7.11. The summed E-state index contributed by atoms with van der Waals surface area (Å²) in [5.41, 5.74) is -1.22. The second-order valence-electron chi connectivity index (χ2n) is 7.11. The monoisotopic (exact) mass is 375 g/mol. The summed E-state index contributed by atoms with van der Waals surface area (Å²) in [5, 5.41) is 2.45. The number of benzene rings is 1. The van der Waals surface area contributed by atoms with Crippen LogP contribution in [0.25, 0.3) is 0 Å². The third kappa shape index (κ3) is 6.40. The van der Waals surface area contributed by atoms with Crippen molar-refractivity contribution in [3.63, 3.8) is 0 Å². The SMILES string of the molecule is CC(C)(C)OC(=O)NCc1ccc(OC2CCOCC2)c(C(F)(F)F)c1. The van der Waals surface area contributed by atoms with Gasteiger partial charge in [-0.15, -0.1) is 0 Å². The molecule has 0 bridgehead atoms. The van der Waals surface area contributed by atoms with E-state index in [0.717, 1.165) is 6.07 Å². The number of halogens is 3. The van der Waals surface area contributed by atoms with Gasteiger partial charge in [0.1, 0.15) is 17.5 Å². The fourth-order valence-corrected chi connectivity index (χ4v) is 2.47. The molecule has 26 heavy (non-hydrogen) atoms. The first kappa shape index (κ1) is 20.4. The highest BCUT2D eigenvalue weighted by molar-refractivity contribution is 5.67. The molecule has 1 aromatic carbocycles. The van der Waals surface area contributed by atoms with Gasteiger partial charge in [0, 0.05) is 19.4 Å². The van der Waals surface area contributed by atoms with Crippen molar-refractivity contribution in [2.75, 3.05) is 13.2 Å². The number of hydrogen-bond donors (Lipinski definition) is 1. The molecule has 1 N–H and O–H groups in total. The van der Waals surface area contributed by atoms with E-state index in [9.17, 15) is 18.0 Å². The zero-order valence-corrected chi connectivity index (χ0v) is 15.1. The fourth-order valence-electron chi connectivity index (χ4n) is 2.47. The number of carbonyl (C=O) groups excluding carboxylic acids is 1. The van der Waals surface area contributed by atoms with Gasteiger partial charge in [0.25, 0.3) is 0 Å².